The molecule has 1 aromatic heterocycles. The Balaban J connectivity index is 1.18. The van der Waals surface area contributed by atoms with Crippen molar-refractivity contribution >= 4 is 17.6 Å². The van der Waals surface area contributed by atoms with Gasteiger partial charge in [-0.2, -0.15) is 5.26 Å². The van der Waals surface area contributed by atoms with Crippen molar-refractivity contribution in [1.82, 2.24) is 15.2 Å². The number of β-amino-alcohol motifs (C(OH)–C–C–N with tert-alkyl or cyclic N) is 1. The van der Waals surface area contributed by atoms with Crippen molar-refractivity contribution in [2.75, 3.05) is 32.8 Å². The molecule has 2 aliphatic rings. The molecule has 2 atom stereocenters. The van der Waals surface area contributed by atoms with Gasteiger partial charge in [-0.25, -0.2) is 0 Å². The predicted octanol–water partition coefficient (Wildman–Crippen LogP) is 6.20. The second kappa shape index (κ2) is 16.8. The Bertz CT molecular complexity index is 2030. The summed E-state index contributed by atoms with van der Waals surface area (Å²) in [4.78, 5) is 18.3. The van der Waals surface area contributed by atoms with Crippen LogP contribution in [0.2, 0.25) is 5.02 Å². The van der Waals surface area contributed by atoms with Crippen molar-refractivity contribution in [3.63, 3.8) is 0 Å². The molecular formula is C42H47ClN4O7. The van der Waals surface area contributed by atoms with E-state index in [1.165, 1.54) is 13.1 Å². The van der Waals surface area contributed by atoms with Gasteiger partial charge in [0.15, 0.2) is 0 Å². The van der Waals surface area contributed by atoms with Crippen LogP contribution in [0.1, 0.15) is 59.6 Å². The van der Waals surface area contributed by atoms with Crippen LogP contribution in [0.15, 0.2) is 67.0 Å². The van der Waals surface area contributed by atoms with E-state index in [4.69, 9.17) is 25.8 Å². The van der Waals surface area contributed by atoms with E-state index >= 15 is 0 Å². The van der Waals surface area contributed by atoms with E-state index in [1.807, 2.05) is 24.3 Å². The summed E-state index contributed by atoms with van der Waals surface area (Å²) in [6.07, 6.45) is 5.96. The highest BCUT2D eigenvalue weighted by molar-refractivity contribution is 6.32. The normalized spacial score (nSPS) is 17.4. The van der Waals surface area contributed by atoms with Crippen LogP contribution < -0.4 is 19.5 Å². The lowest BCUT2D eigenvalue weighted by Gasteiger charge is -2.25. The van der Waals surface area contributed by atoms with Gasteiger partial charge in [0.25, 0.3) is 0 Å². The zero-order chi connectivity index (χ0) is 38.5. The Labute approximate surface area is 321 Å². The van der Waals surface area contributed by atoms with Crippen LogP contribution in [0, 0.1) is 30.6 Å². The first-order valence-electron chi connectivity index (χ1n) is 18.2. The maximum absolute atomic E-state index is 11.8. The summed E-state index contributed by atoms with van der Waals surface area (Å²) in [7, 11) is 0. The third kappa shape index (κ3) is 9.14. The van der Waals surface area contributed by atoms with Gasteiger partial charge < -0.3 is 29.5 Å². The molecule has 1 saturated heterocycles. The lowest BCUT2D eigenvalue weighted by atomic mass is 9.93. The molecule has 1 aliphatic heterocycles. The first-order chi connectivity index (χ1) is 25.9. The molecule has 3 aromatic carbocycles. The van der Waals surface area contributed by atoms with E-state index in [1.54, 1.807) is 24.4 Å². The number of ether oxygens (including phenoxy) is 3. The number of benzene rings is 3. The van der Waals surface area contributed by atoms with E-state index in [9.17, 15) is 25.4 Å². The monoisotopic (exact) mass is 754 g/mol. The van der Waals surface area contributed by atoms with Gasteiger partial charge in [-0.3, -0.25) is 20.0 Å². The Morgan fingerprint density at radius 1 is 1.02 bits per heavy atom. The number of aromatic nitrogens is 1. The van der Waals surface area contributed by atoms with Gasteiger partial charge in [-0.05, 0) is 86.1 Å². The first kappa shape index (κ1) is 39.0. The number of aliphatic hydroxyl groups is 2. The maximum Gasteiger partial charge on any atom is 0.326 e. The van der Waals surface area contributed by atoms with Crippen LogP contribution >= 0.6 is 11.6 Å². The number of halogens is 1. The van der Waals surface area contributed by atoms with Crippen molar-refractivity contribution in [3.8, 4) is 34.4 Å². The number of rotatable bonds is 17. The number of pyridine rings is 1. The molecule has 0 radical (unpaired) electrons. The molecule has 0 unspecified atom stereocenters. The second-order valence-corrected chi connectivity index (χ2v) is 15.2. The average Bonchev–Trinajstić information content (AvgIpc) is 3.81. The molecule has 54 heavy (non-hydrogen) atoms. The van der Waals surface area contributed by atoms with E-state index in [0.717, 1.165) is 72.5 Å². The van der Waals surface area contributed by atoms with E-state index in [2.05, 4.69) is 47.3 Å². The zero-order valence-electron chi connectivity index (χ0n) is 30.9. The molecule has 0 amide bonds. The molecule has 11 nitrogen and oxygen atoms in total. The van der Waals surface area contributed by atoms with Gasteiger partial charge in [0.2, 0.25) is 0 Å². The fourth-order valence-corrected chi connectivity index (χ4v) is 7.01. The molecule has 2 heterocycles. The quantitative estimate of drug-likeness (QED) is 0.0974. The minimum absolute atomic E-state index is 0.0298. The van der Waals surface area contributed by atoms with Crippen LogP contribution in [0.25, 0.3) is 11.1 Å². The number of carboxylic acid groups (broad SMARTS) is 1. The lowest BCUT2D eigenvalue weighted by molar-refractivity contribution is -0.145. The number of carbonyl (C=O) groups is 1. The minimum atomic E-state index is -1.59. The molecule has 4 N–H and O–H groups in total. The third-order valence-corrected chi connectivity index (χ3v) is 10.9. The second-order valence-electron chi connectivity index (χ2n) is 14.8. The number of hydrogen-bond acceptors (Lipinski definition) is 10. The summed E-state index contributed by atoms with van der Waals surface area (Å²) >= 11 is 6.75. The highest BCUT2D eigenvalue weighted by atomic mass is 35.5. The Morgan fingerprint density at radius 3 is 2.44 bits per heavy atom. The Hall–Kier alpha value is -4.70. The molecule has 284 valence electrons. The fraction of sp³-hybridized carbons (Fsp3) is 0.405. The van der Waals surface area contributed by atoms with Crippen LogP contribution in [0.4, 0.5) is 0 Å². The summed E-state index contributed by atoms with van der Waals surface area (Å²) < 4.78 is 19.0. The maximum atomic E-state index is 11.8. The molecule has 12 heteroatoms. The number of nitrogens with one attached hydrogen (secondary N) is 1. The number of carboxylic acids is 1. The molecule has 0 spiro atoms. The number of aliphatic hydroxyl groups excluding tert-OH is 2. The van der Waals surface area contributed by atoms with Gasteiger partial charge >= 0.3 is 5.97 Å². The lowest BCUT2D eigenvalue weighted by Crippen LogP contribution is -2.52. The zero-order valence-corrected chi connectivity index (χ0v) is 31.7. The van der Waals surface area contributed by atoms with Crippen LogP contribution in [0.5, 0.6) is 17.2 Å². The molecule has 6 rings (SSSR count). The number of nitriles is 1. The van der Waals surface area contributed by atoms with Crippen molar-refractivity contribution in [1.29, 1.82) is 5.26 Å². The van der Waals surface area contributed by atoms with Gasteiger partial charge in [0.1, 0.15) is 42.1 Å². The number of nitrogens with zero attached hydrogens (tertiary/aromatic N) is 3. The van der Waals surface area contributed by atoms with Gasteiger partial charge in [-0.15, -0.1) is 0 Å². The molecule has 1 aliphatic carbocycles. The molecule has 0 bridgehead atoms. The first-order valence-corrected chi connectivity index (χ1v) is 18.5. The standard InChI is InChI=1S/C42H47ClN4O7/c1-27-31(6-4-7-34(27)35-8-5-9-37(28(35)2)54-26-42(11-12-42)24-47-13-10-33(49)21-47)23-53-39-16-38(52-22-30-14-29(17-44)18-45-19-30)32(15-36(39)43)20-46-41(3,25-48)40(50)51/h4-9,14-16,18-19,33,46,48-49H,10-13,20-26H2,1-3H3,(H,50,51)/t33-,41-/m1/s1. The number of hydrogen-bond donors (Lipinski definition) is 4. The van der Waals surface area contributed by atoms with E-state index < -0.39 is 18.1 Å². The van der Waals surface area contributed by atoms with Gasteiger partial charge in [-0.1, -0.05) is 41.9 Å². The number of likely N-dealkylation sites (tertiary alicyclic amines) is 1. The molecule has 4 aromatic rings. The summed E-state index contributed by atoms with van der Waals surface area (Å²) in [6, 6.07) is 19.4. The smallest absolute Gasteiger partial charge is 0.326 e. The largest absolute Gasteiger partial charge is 0.493 e. The summed E-state index contributed by atoms with van der Waals surface area (Å²) in [5.74, 6) is 0.426. The predicted molar refractivity (Wildman–Crippen MR) is 205 cm³/mol. The highest BCUT2D eigenvalue weighted by Crippen LogP contribution is 2.47. The highest BCUT2D eigenvalue weighted by Gasteiger charge is 2.45. The van der Waals surface area contributed by atoms with E-state index in [0.29, 0.717) is 39.8 Å². The Morgan fingerprint density at radius 2 is 1.76 bits per heavy atom. The van der Waals surface area contributed by atoms with Gasteiger partial charge in [0.05, 0.1) is 29.9 Å². The summed E-state index contributed by atoms with van der Waals surface area (Å²) in [5.41, 5.74) is 5.42. The molecule has 2 fully saturated rings. The van der Waals surface area contributed by atoms with Gasteiger partial charge in [0, 0.05) is 61.2 Å². The van der Waals surface area contributed by atoms with Crippen molar-refractivity contribution in [2.24, 2.45) is 5.41 Å². The topological polar surface area (TPSA) is 157 Å². The SMILES string of the molecule is Cc1c(COc2cc(OCc3cncc(C#N)c3)c(CN[C@](C)(CO)C(=O)O)cc2Cl)cccc1-c1cccc(OCC2(CN3CC[C@@H](O)C3)CC2)c1C. The third-order valence-electron chi connectivity index (χ3n) is 10.6. The van der Waals surface area contributed by atoms with Crippen LogP contribution in [0.3, 0.4) is 0 Å². The summed E-state index contributed by atoms with van der Waals surface area (Å²) in [5, 5.41) is 41.9. The number of aliphatic carboxylic acids is 1. The van der Waals surface area contributed by atoms with Crippen LogP contribution in [-0.4, -0.2) is 75.7 Å². The Kier molecular flexibility index (Phi) is 12.1. The molecule has 1 saturated carbocycles. The van der Waals surface area contributed by atoms with Crippen molar-refractivity contribution in [2.45, 2.75) is 71.4 Å². The van der Waals surface area contributed by atoms with Crippen LogP contribution in [-0.2, 0) is 24.6 Å². The van der Waals surface area contributed by atoms with Crippen molar-refractivity contribution in [3.05, 3.63) is 105 Å². The molecular weight excluding hydrogens is 708 g/mol. The van der Waals surface area contributed by atoms with E-state index in [-0.39, 0.29) is 31.3 Å². The minimum Gasteiger partial charge on any atom is -0.493 e. The fourth-order valence-electron chi connectivity index (χ4n) is 6.77. The average molecular weight is 755 g/mol. The summed E-state index contributed by atoms with van der Waals surface area (Å²) in [6.45, 7) is 8.56. The van der Waals surface area contributed by atoms with Crippen molar-refractivity contribution < 1.29 is 34.3 Å².